The highest BCUT2D eigenvalue weighted by Gasteiger charge is 2.33. The normalized spacial score (nSPS) is 12.0. The van der Waals surface area contributed by atoms with Crippen LogP contribution in [0.1, 0.15) is 38.7 Å². The molecule has 0 saturated carbocycles. The molecule has 1 atom stereocenters. The molecule has 3 rings (SSSR count). The van der Waals surface area contributed by atoms with Crippen molar-refractivity contribution in [3.63, 3.8) is 0 Å². The first kappa shape index (κ1) is 31.4. The second kappa shape index (κ2) is 14.5. The number of para-hydroxylation sites is 1. The minimum Gasteiger partial charge on any atom is -0.354 e. The molecule has 1 unspecified atom stereocenters. The van der Waals surface area contributed by atoms with Gasteiger partial charge in [-0.3, -0.25) is 13.9 Å². The fourth-order valence-corrected chi connectivity index (χ4v) is 5.85. The predicted octanol–water partition coefficient (Wildman–Crippen LogP) is 6.05. The topological polar surface area (TPSA) is 86.8 Å². The van der Waals surface area contributed by atoms with Gasteiger partial charge in [0.15, 0.2) is 0 Å². The lowest BCUT2D eigenvalue weighted by Crippen LogP contribution is -2.52. The van der Waals surface area contributed by atoms with Gasteiger partial charge in [-0.25, -0.2) is 12.8 Å². The largest absolute Gasteiger partial charge is 0.354 e. The fourth-order valence-electron chi connectivity index (χ4n) is 4.12. The molecule has 0 aliphatic heterocycles. The monoisotopic (exact) mass is 607 g/mol. The Morgan fingerprint density at radius 1 is 0.950 bits per heavy atom. The number of nitrogens with zero attached hydrogens (tertiary/aromatic N) is 2. The summed E-state index contributed by atoms with van der Waals surface area (Å²) in [6, 6.07) is 16.6. The van der Waals surface area contributed by atoms with Gasteiger partial charge in [0.2, 0.25) is 11.8 Å². The molecule has 0 aromatic heterocycles. The highest BCUT2D eigenvalue weighted by Crippen LogP contribution is 2.26. The van der Waals surface area contributed by atoms with Crippen molar-refractivity contribution in [1.82, 2.24) is 10.2 Å². The Labute approximate surface area is 244 Å². The molecular formula is C29H32Cl2FN3O4S. The maximum Gasteiger partial charge on any atom is 0.264 e. The van der Waals surface area contributed by atoms with Crippen LogP contribution in [-0.2, 0) is 26.2 Å². The number of halogens is 3. The van der Waals surface area contributed by atoms with Crippen LogP contribution in [0.2, 0.25) is 10.0 Å². The third-order valence-corrected chi connectivity index (χ3v) is 8.80. The summed E-state index contributed by atoms with van der Waals surface area (Å²) in [6.07, 6.45) is 1.96. The van der Waals surface area contributed by atoms with Crippen LogP contribution in [-0.4, -0.2) is 44.3 Å². The molecule has 3 aromatic carbocycles. The van der Waals surface area contributed by atoms with E-state index in [1.54, 1.807) is 55.5 Å². The van der Waals surface area contributed by atoms with Gasteiger partial charge in [0.1, 0.15) is 18.4 Å². The third kappa shape index (κ3) is 7.96. The van der Waals surface area contributed by atoms with Gasteiger partial charge in [0, 0.05) is 13.1 Å². The summed E-state index contributed by atoms with van der Waals surface area (Å²) in [5.41, 5.74) is 0.866. The lowest BCUT2D eigenvalue weighted by Gasteiger charge is -2.33. The maximum atomic E-state index is 14.0. The zero-order valence-electron chi connectivity index (χ0n) is 22.3. The highest BCUT2D eigenvalue weighted by molar-refractivity contribution is 7.92. The first-order chi connectivity index (χ1) is 19.1. The molecular weight excluding hydrogens is 576 g/mol. The Hall–Kier alpha value is -3.14. The van der Waals surface area contributed by atoms with Crippen molar-refractivity contribution in [2.75, 3.05) is 17.4 Å². The molecule has 0 radical (unpaired) electrons. The van der Waals surface area contributed by atoms with Gasteiger partial charge in [-0.05, 0) is 66.9 Å². The summed E-state index contributed by atoms with van der Waals surface area (Å²) in [5.74, 6) is -1.52. The minimum atomic E-state index is -4.27. The van der Waals surface area contributed by atoms with Crippen LogP contribution >= 0.6 is 23.2 Å². The van der Waals surface area contributed by atoms with E-state index in [4.69, 9.17) is 23.2 Å². The van der Waals surface area contributed by atoms with Crippen molar-refractivity contribution in [2.24, 2.45) is 0 Å². The summed E-state index contributed by atoms with van der Waals surface area (Å²) >= 11 is 12.3. The minimum absolute atomic E-state index is 0.00531. The zero-order valence-corrected chi connectivity index (χ0v) is 24.6. The fraction of sp³-hybridized carbons (Fsp3) is 0.310. The third-order valence-electron chi connectivity index (χ3n) is 6.28. The number of hydrogen-bond donors (Lipinski definition) is 1. The molecule has 0 spiro atoms. The summed E-state index contributed by atoms with van der Waals surface area (Å²) in [5, 5.41) is 3.50. The van der Waals surface area contributed by atoms with Crippen molar-refractivity contribution >= 4 is 50.7 Å². The Morgan fingerprint density at radius 3 is 2.23 bits per heavy atom. The van der Waals surface area contributed by atoms with Crippen LogP contribution in [0.5, 0.6) is 0 Å². The van der Waals surface area contributed by atoms with Crippen molar-refractivity contribution in [1.29, 1.82) is 0 Å². The standard InChI is InChI=1S/C29H32Cl2FN3O4S/c1-3-5-17-33-29(37)27(4-2)34(19-21-11-16-25(30)26(31)18-21)28(36)20-35(23-9-7-6-8-10-23)40(38,39)24-14-12-22(32)13-15-24/h6-16,18,27H,3-5,17,19-20H2,1-2H3,(H,33,37). The molecule has 2 amide bonds. The summed E-state index contributed by atoms with van der Waals surface area (Å²) in [6.45, 7) is 3.64. The molecule has 0 aliphatic carbocycles. The quantitative estimate of drug-likeness (QED) is 0.240. The van der Waals surface area contributed by atoms with Gasteiger partial charge in [-0.1, -0.05) is 67.7 Å². The number of sulfonamides is 1. The number of hydrogen-bond acceptors (Lipinski definition) is 4. The van der Waals surface area contributed by atoms with E-state index in [1.807, 2.05) is 6.92 Å². The molecule has 1 N–H and O–H groups in total. The van der Waals surface area contributed by atoms with Gasteiger partial charge in [0.25, 0.3) is 10.0 Å². The Bertz CT molecular complexity index is 1410. The molecule has 214 valence electrons. The molecule has 7 nitrogen and oxygen atoms in total. The van der Waals surface area contributed by atoms with Crippen molar-refractivity contribution in [2.45, 2.75) is 50.6 Å². The van der Waals surface area contributed by atoms with Crippen LogP contribution < -0.4 is 9.62 Å². The molecule has 0 aliphatic rings. The molecule has 0 saturated heterocycles. The average molecular weight is 609 g/mol. The average Bonchev–Trinajstić information content (AvgIpc) is 2.94. The maximum absolute atomic E-state index is 14.0. The molecule has 0 bridgehead atoms. The molecule has 11 heteroatoms. The number of rotatable bonds is 13. The molecule has 40 heavy (non-hydrogen) atoms. The number of amides is 2. The van der Waals surface area contributed by atoms with E-state index < -0.39 is 34.3 Å². The van der Waals surface area contributed by atoms with E-state index in [0.717, 1.165) is 41.4 Å². The number of nitrogens with one attached hydrogen (secondary N) is 1. The van der Waals surface area contributed by atoms with Gasteiger partial charge in [-0.2, -0.15) is 0 Å². The van der Waals surface area contributed by atoms with Gasteiger partial charge >= 0.3 is 0 Å². The number of carbonyl (C=O) groups excluding carboxylic acids is 2. The van der Waals surface area contributed by atoms with E-state index in [0.29, 0.717) is 23.6 Å². The lowest BCUT2D eigenvalue weighted by atomic mass is 10.1. The van der Waals surface area contributed by atoms with E-state index in [-0.39, 0.29) is 28.1 Å². The first-order valence-electron chi connectivity index (χ1n) is 12.9. The smallest absolute Gasteiger partial charge is 0.264 e. The zero-order chi connectivity index (χ0) is 29.3. The summed E-state index contributed by atoms with van der Waals surface area (Å²) in [7, 11) is -4.27. The van der Waals surface area contributed by atoms with E-state index in [9.17, 15) is 22.4 Å². The number of anilines is 1. The van der Waals surface area contributed by atoms with Gasteiger partial charge in [0.05, 0.1) is 20.6 Å². The second-order valence-corrected chi connectivity index (χ2v) is 11.8. The van der Waals surface area contributed by atoms with E-state index in [1.165, 1.54) is 4.90 Å². The Kier molecular flexibility index (Phi) is 11.4. The van der Waals surface area contributed by atoms with Crippen LogP contribution in [0.25, 0.3) is 0 Å². The van der Waals surface area contributed by atoms with Crippen molar-refractivity contribution in [3.05, 3.63) is 94.2 Å². The Morgan fingerprint density at radius 2 is 1.62 bits per heavy atom. The van der Waals surface area contributed by atoms with Crippen LogP contribution in [0, 0.1) is 5.82 Å². The van der Waals surface area contributed by atoms with Crippen LogP contribution in [0.15, 0.2) is 77.7 Å². The molecule has 3 aromatic rings. The van der Waals surface area contributed by atoms with Gasteiger partial charge in [-0.15, -0.1) is 0 Å². The van der Waals surface area contributed by atoms with Gasteiger partial charge < -0.3 is 10.2 Å². The number of benzene rings is 3. The number of carbonyl (C=O) groups is 2. The summed E-state index contributed by atoms with van der Waals surface area (Å²) in [4.78, 5) is 28.3. The Balaban J connectivity index is 2.02. The van der Waals surface area contributed by atoms with Crippen molar-refractivity contribution < 1.29 is 22.4 Å². The van der Waals surface area contributed by atoms with Crippen molar-refractivity contribution in [3.8, 4) is 0 Å². The SMILES string of the molecule is CCCCNC(=O)C(CC)N(Cc1ccc(Cl)c(Cl)c1)C(=O)CN(c1ccccc1)S(=O)(=O)c1ccc(F)cc1. The highest BCUT2D eigenvalue weighted by atomic mass is 35.5. The molecule has 0 fully saturated rings. The lowest BCUT2D eigenvalue weighted by molar-refractivity contribution is -0.140. The predicted molar refractivity (Wildman–Crippen MR) is 156 cm³/mol. The van der Waals surface area contributed by atoms with E-state index >= 15 is 0 Å². The first-order valence-corrected chi connectivity index (χ1v) is 15.1. The number of unbranched alkanes of at least 4 members (excludes halogenated alkanes) is 1. The second-order valence-electron chi connectivity index (χ2n) is 9.14. The molecule has 0 heterocycles. The van der Waals surface area contributed by atoms with Crippen LogP contribution in [0.3, 0.4) is 0 Å². The van der Waals surface area contributed by atoms with Crippen LogP contribution in [0.4, 0.5) is 10.1 Å². The van der Waals surface area contributed by atoms with E-state index in [2.05, 4.69) is 5.32 Å². The summed E-state index contributed by atoms with van der Waals surface area (Å²) < 4.78 is 42.0.